The van der Waals surface area contributed by atoms with Crippen LogP contribution in [0.1, 0.15) is 44.9 Å². The number of anilines is 2. The van der Waals surface area contributed by atoms with Crippen LogP contribution in [0.5, 0.6) is 0 Å². The zero-order valence-corrected chi connectivity index (χ0v) is 17.9. The Morgan fingerprint density at radius 1 is 1.13 bits per heavy atom. The van der Waals surface area contributed by atoms with Gasteiger partial charge in [-0.25, -0.2) is 15.0 Å². The van der Waals surface area contributed by atoms with Crippen molar-refractivity contribution in [3.8, 4) is 11.5 Å². The molecule has 1 amide bonds. The number of nitrogens with one attached hydrogen (secondary N) is 2. The zero-order chi connectivity index (χ0) is 21.4. The first-order chi connectivity index (χ1) is 15.1. The molecule has 0 aromatic carbocycles. The molecule has 8 heteroatoms. The molecule has 2 unspecified atom stereocenters. The molecule has 1 saturated heterocycles. The van der Waals surface area contributed by atoms with E-state index in [1.54, 1.807) is 19.3 Å². The predicted octanol–water partition coefficient (Wildman–Crippen LogP) is 4.31. The molecule has 0 radical (unpaired) electrons. The largest absolute Gasteiger partial charge is 0.439 e. The standard InChI is InChI=1S/C23H27N5O3/c1-13-20(12-30-13)27-17-8-19(21-11-24-14(2)31-21)26-18-9-22(25-10-16(17)18)28-23(29)15-6-4-3-5-7-15/h8-11,13,15,20H,3-7,12H2,1-2H3,(H,26,27)(H,25,28,29). The molecule has 0 spiro atoms. The fourth-order valence-corrected chi connectivity index (χ4v) is 4.25. The molecule has 2 atom stereocenters. The number of aryl methyl sites for hydroxylation is 1. The van der Waals surface area contributed by atoms with E-state index in [1.165, 1.54) is 6.42 Å². The number of aromatic nitrogens is 3. The molecule has 31 heavy (non-hydrogen) atoms. The van der Waals surface area contributed by atoms with E-state index >= 15 is 0 Å². The minimum absolute atomic E-state index is 0.0485. The molecule has 3 aromatic heterocycles. The van der Waals surface area contributed by atoms with Crippen LogP contribution in [0.25, 0.3) is 22.4 Å². The number of ether oxygens (including phenoxy) is 1. The zero-order valence-electron chi connectivity index (χ0n) is 17.9. The molecular formula is C23H27N5O3. The number of rotatable bonds is 5. The molecule has 162 valence electrons. The van der Waals surface area contributed by atoms with Gasteiger partial charge in [-0.2, -0.15) is 0 Å². The van der Waals surface area contributed by atoms with Gasteiger partial charge in [0.05, 0.1) is 30.5 Å². The monoisotopic (exact) mass is 421 g/mol. The highest BCUT2D eigenvalue weighted by Gasteiger charge is 2.28. The van der Waals surface area contributed by atoms with Gasteiger partial charge < -0.3 is 19.8 Å². The molecule has 1 saturated carbocycles. The second-order valence-corrected chi connectivity index (χ2v) is 8.50. The highest BCUT2D eigenvalue weighted by atomic mass is 16.5. The van der Waals surface area contributed by atoms with Gasteiger partial charge in [0.25, 0.3) is 0 Å². The third-order valence-electron chi connectivity index (χ3n) is 6.24. The number of carbonyl (C=O) groups is 1. The molecule has 8 nitrogen and oxygen atoms in total. The maximum absolute atomic E-state index is 12.7. The van der Waals surface area contributed by atoms with Crippen molar-refractivity contribution in [1.29, 1.82) is 0 Å². The summed E-state index contributed by atoms with van der Waals surface area (Å²) in [5.74, 6) is 1.83. The van der Waals surface area contributed by atoms with Gasteiger partial charge in [0.15, 0.2) is 11.7 Å². The summed E-state index contributed by atoms with van der Waals surface area (Å²) < 4.78 is 11.2. The van der Waals surface area contributed by atoms with Crippen LogP contribution in [0.15, 0.2) is 28.9 Å². The van der Waals surface area contributed by atoms with Gasteiger partial charge in [-0.3, -0.25) is 4.79 Å². The van der Waals surface area contributed by atoms with E-state index in [9.17, 15) is 4.79 Å². The lowest BCUT2D eigenvalue weighted by atomic mass is 9.89. The van der Waals surface area contributed by atoms with Gasteiger partial charge in [-0.05, 0) is 25.8 Å². The molecule has 1 aliphatic carbocycles. The van der Waals surface area contributed by atoms with Crippen LogP contribution in [-0.2, 0) is 9.53 Å². The molecule has 2 aliphatic rings. The summed E-state index contributed by atoms with van der Waals surface area (Å²) in [6.07, 6.45) is 8.92. The van der Waals surface area contributed by atoms with Crippen molar-refractivity contribution in [2.45, 2.75) is 58.1 Å². The number of oxazole rings is 1. The Bertz CT molecular complexity index is 1110. The molecule has 0 bridgehead atoms. The number of pyridine rings is 2. The Morgan fingerprint density at radius 3 is 2.65 bits per heavy atom. The summed E-state index contributed by atoms with van der Waals surface area (Å²) in [7, 11) is 0. The van der Waals surface area contributed by atoms with Crippen molar-refractivity contribution in [2.24, 2.45) is 5.92 Å². The fourth-order valence-electron chi connectivity index (χ4n) is 4.25. The van der Waals surface area contributed by atoms with E-state index in [0.29, 0.717) is 29.8 Å². The molecule has 2 N–H and O–H groups in total. The second kappa shape index (κ2) is 8.26. The van der Waals surface area contributed by atoms with Crippen molar-refractivity contribution in [3.63, 3.8) is 0 Å². The summed E-state index contributed by atoms with van der Waals surface area (Å²) in [5.41, 5.74) is 2.32. The molecule has 5 rings (SSSR count). The lowest BCUT2D eigenvalue weighted by Gasteiger charge is -2.35. The topological polar surface area (TPSA) is 102 Å². The Labute approximate surface area is 180 Å². The van der Waals surface area contributed by atoms with Crippen LogP contribution < -0.4 is 10.6 Å². The Balaban J connectivity index is 1.48. The Hall–Kier alpha value is -3.00. The van der Waals surface area contributed by atoms with Crippen LogP contribution in [0, 0.1) is 12.8 Å². The normalized spacial score (nSPS) is 21.6. The molecule has 3 aromatic rings. The van der Waals surface area contributed by atoms with E-state index < -0.39 is 0 Å². The highest BCUT2D eigenvalue weighted by molar-refractivity contribution is 5.97. The summed E-state index contributed by atoms with van der Waals surface area (Å²) in [5, 5.41) is 7.42. The summed E-state index contributed by atoms with van der Waals surface area (Å²) >= 11 is 0. The van der Waals surface area contributed by atoms with Gasteiger partial charge in [0.1, 0.15) is 11.5 Å². The van der Waals surface area contributed by atoms with E-state index in [4.69, 9.17) is 14.1 Å². The molecule has 2 fully saturated rings. The van der Waals surface area contributed by atoms with Crippen molar-refractivity contribution in [1.82, 2.24) is 15.0 Å². The van der Waals surface area contributed by atoms with Gasteiger partial charge in [0, 0.05) is 36.2 Å². The predicted molar refractivity (Wildman–Crippen MR) is 118 cm³/mol. The van der Waals surface area contributed by atoms with Gasteiger partial charge >= 0.3 is 0 Å². The quantitative estimate of drug-likeness (QED) is 0.633. The van der Waals surface area contributed by atoms with E-state index in [0.717, 1.165) is 42.3 Å². The molecular weight excluding hydrogens is 394 g/mol. The average Bonchev–Trinajstić information content (AvgIpc) is 3.22. The first-order valence-corrected chi connectivity index (χ1v) is 11.0. The number of nitrogens with zero attached hydrogens (tertiary/aromatic N) is 3. The van der Waals surface area contributed by atoms with Crippen LogP contribution in [0.3, 0.4) is 0 Å². The minimum atomic E-state index is 0.0485. The first kappa shape index (κ1) is 19.9. The van der Waals surface area contributed by atoms with Crippen molar-refractivity contribution >= 4 is 28.3 Å². The smallest absolute Gasteiger partial charge is 0.228 e. The maximum atomic E-state index is 12.7. The average molecular weight is 422 g/mol. The number of fused-ring (bicyclic) bond motifs is 1. The summed E-state index contributed by atoms with van der Waals surface area (Å²) in [6, 6.07) is 4.00. The van der Waals surface area contributed by atoms with Crippen molar-refractivity contribution < 1.29 is 13.9 Å². The number of hydrogen-bond acceptors (Lipinski definition) is 7. The van der Waals surface area contributed by atoms with Crippen molar-refractivity contribution in [2.75, 3.05) is 17.2 Å². The highest BCUT2D eigenvalue weighted by Crippen LogP contribution is 2.32. The van der Waals surface area contributed by atoms with E-state index in [-0.39, 0.29) is 24.0 Å². The lowest BCUT2D eigenvalue weighted by molar-refractivity contribution is -0.120. The lowest BCUT2D eigenvalue weighted by Crippen LogP contribution is -2.48. The van der Waals surface area contributed by atoms with Gasteiger partial charge in [0.2, 0.25) is 5.91 Å². The number of carbonyl (C=O) groups excluding carboxylic acids is 1. The third-order valence-corrected chi connectivity index (χ3v) is 6.24. The van der Waals surface area contributed by atoms with Crippen LogP contribution >= 0.6 is 0 Å². The van der Waals surface area contributed by atoms with Crippen molar-refractivity contribution in [3.05, 3.63) is 30.4 Å². The summed E-state index contributed by atoms with van der Waals surface area (Å²) in [6.45, 7) is 4.51. The van der Waals surface area contributed by atoms with Gasteiger partial charge in [-0.15, -0.1) is 0 Å². The molecule has 4 heterocycles. The minimum Gasteiger partial charge on any atom is -0.439 e. The maximum Gasteiger partial charge on any atom is 0.228 e. The number of hydrogen-bond donors (Lipinski definition) is 2. The SMILES string of the molecule is Cc1ncc(-c2cc(NC3COC3C)c3cnc(NC(=O)C4CCCCC4)cc3n2)o1. The molecule has 1 aliphatic heterocycles. The summed E-state index contributed by atoms with van der Waals surface area (Å²) in [4.78, 5) is 26.1. The third kappa shape index (κ3) is 4.12. The van der Waals surface area contributed by atoms with Gasteiger partial charge in [-0.1, -0.05) is 19.3 Å². The Morgan fingerprint density at radius 2 is 1.97 bits per heavy atom. The van der Waals surface area contributed by atoms with Crippen LogP contribution in [0.4, 0.5) is 11.5 Å². The fraction of sp³-hybridized carbons (Fsp3) is 0.478. The van der Waals surface area contributed by atoms with Crippen LogP contribution in [-0.4, -0.2) is 39.6 Å². The first-order valence-electron chi connectivity index (χ1n) is 11.0. The van der Waals surface area contributed by atoms with E-state index in [2.05, 4.69) is 20.6 Å². The van der Waals surface area contributed by atoms with E-state index in [1.807, 2.05) is 19.1 Å². The number of amides is 1. The second-order valence-electron chi connectivity index (χ2n) is 8.50. The van der Waals surface area contributed by atoms with Crippen LogP contribution in [0.2, 0.25) is 0 Å². The Kier molecular flexibility index (Phi) is 5.31.